The fourth-order valence-electron chi connectivity index (χ4n) is 2.68. The molecule has 0 radical (unpaired) electrons. The molecule has 1 aliphatic rings. The molecule has 0 unspecified atom stereocenters. The third-order valence-corrected chi connectivity index (χ3v) is 3.75. The fraction of sp³-hybridized carbons (Fsp3) is 0.643. The first kappa shape index (κ1) is 13.8. The zero-order valence-electron chi connectivity index (χ0n) is 11.4. The molecular formula is C14H21N3O2. The van der Waals surface area contributed by atoms with Gasteiger partial charge in [0.25, 0.3) is 0 Å². The van der Waals surface area contributed by atoms with Crippen LogP contribution in [-0.2, 0) is 0 Å². The molecule has 1 aromatic heterocycles. The first-order valence-electron chi connectivity index (χ1n) is 7.05. The zero-order chi connectivity index (χ0) is 13.7. The molecule has 1 saturated carbocycles. The molecule has 104 valence electrons. The molecule has 5 heteroatoms. The molecule has 0 atom stereocenters. The second-order valence-electron chi connectivity index (χ2n) is 5.27. The average Bonchev–Trinajstić information content (AvgIpc) is 2.32. The number of pyridine rings is 1. The number of hydrogen-bond acceptors (Lipinski definition) is 4. The van der Waals surface area contributed by atoms with Gasteiger partial charge < -0.3 is 5.32 Å². The van der Waals surface area contributed by atoms with E-state index in [1.165, 1.54) is 32.1 Å². The van der Waals surface area contributed by atoms with Crippen molar-refractivity contribution in [3.8, 4) is 0 Å². The van der Waals surface area contributed by atoms with Gasteiger partial charge in [-0.25, -0.2) is 4.98 Å². The van der Waals surface area contributed by atoms with E-state index in [1.54, 1.807) is 19.2 Å². The molecule has 0 saturated heterocycles. The van der Waals surface area contributed by atoms with Crippen LogP contribution in [0.4, 0.5) is 11.5 Å². The molecule has 2 rings (SSSR count). The Morgan fingerprint density at radius 3 is 2.53 bits per heavy atom. The maximum Gasteiger partial charge on any atom is 0.314 e. The number of nitro groups is 1. The molecule has 0 amide bonds. The second kappa shape index (κ2) is 6.50. The lowest BCUT2D eigenvalue weighted by atomic mass is 9.96. The molecule has 19 heavy (non-hydrogen) atoms. The number of nitrogens with zero attached hydrogens (tertiary/aromatic N) is 2. The molecule has 0 aliphatic heterocycles. The number of hydrogen-bond donors (Lipinski definition) is 1. The Kier molecular flexibility index (Phi) is 4.71. The maximum atomic E-state index is 11.1. The second-order valence-corrected chi connectivity index (χ2v) is 5.27. The van der Waals surface area contributed by atoms with Gasteiger partial charge in [0.2, 0.25) is 5.82 Å². The molecule has 1 fully saturated rings. The van der Waals surface area contributed by atoms with E-state index < -0.39 is 0 Å². The molecular weight excluding hydrogens is 242 g/mol. The summed E-state index contributed by atoms with van der Waals surface area (Å²) in [5.41, 5.74) is 0.776. The van der Waals surface area contributed by atoms with Crippen LogP contribution in [0.5, 0.6) is 0 Å². The Hall–Kier alpha value is -1.65. The summed E-state index contributed by atoms with van der Waals surface area (Å²) >= 11 is 0. The quantitative estimate of drug-likeness (QED) is 0.665. The molecule has 1 heterocycles. The van der Waals surface area contributed by atoms with Crippen LogP contribution in [0.15, 0.2) is 12.3 Å². The van der Waals surface area contributed by atoms with Crippen molar-refractivity contribution >= 4 is 11.5 Å². The average molecular weight is 263 g/mol. The van der Waals surface area contributed by atoms with Gasteiger partial charge in [0, 0.05) is 17.8 Å². The van der Waals surface area contributed by atoms with Gasteiger partial charge in [0.1, 0.15) is 0 Å². The third-order valence-electron chi connectivity index (χ3n) is 3.75. The van der Waals surface area contributed by atoms with E-state index in [4.69, 9.17) is 0 Å². The van der Waals surface area contributed by atoms with Crippen LogP contribution in [0.2, 0.25) is 0 Å². The Morgan fingerprint density at radius 1 is 1.26 bits per heavy atom. The lowest BCUT2D eigenvalue weighted by Crippen LogP contribution is -2.22. The van der Waals surface area contributed by atoms with Crippen LogP contribution in [0.25, 0.3) is 0 Å². The summed E-state index contributed by atoms with van der Waals surface area (Å²) in [7, 11) is 0. The van der Waals surface area contributed by atoms with E-state index in [-0.39, 0.29) is 10.6 Å². The number of nitrogens with one attached hydrogen (secondary N) is 1. The van der Waals surface area contributed by atoms with Crippen LogP contribution >= 0.6 is 0 Å². The molecule has 5 nitrogen and oxygen atoms in total. The first-order valence-corrected chi connectivity index (χ1v) is 7.05. The van der Waals surface area contributed by atoms with E-state index in [0.29, 0.717) is 17.4 Å². The highest BCUT2D eigenvalue weighted by atomic mass is 16.6. The Balaban J connectivity index is 2.13. The van der Waals surface area contributed by atoms with Crippen LogP contribution < -0.4 is 5.32 Å². The van der Waals surface area contributed by atoms with E-state index in [9.17, 15) is 10.1 Å². The highest BCUT2D eigenvalue weighted by Crippen LogP contribution is 2.28. The third kappa shape index (κ3) is 3.66. The summed E-state index contributed by atoms with van der Waals surface area (Å²) in [5.74, 6) is 0.426. The van der Waals surface area contributed by atoms with E-state index >= 15 is 0 Å². The number of aryl methyl sites for hydroxylation is 1. The van der Waals surface area contributed by atoms with E-state index in [1.807, 2.05) is 0 Å². The van der Waals surface area contributed by atoms with Crippen LogP contribution in [-0.4, -0.2) is 15.9 Å². The van der Waals surface area contributed by atoms with Crippen molar-refractivity contribution in [1.29, 1.82) is 0 Å². The maximum absolute atomic E-state index is 11.1. The van der Waals surface area contributed by atoms with Crippen molar-refractivity contribution in [3.05, 3.63) is 27.9 Å². The lowest BCUT2D eigenvalue weighted by Gasteiger charge is -2.21. The van der Waals surface area contributed by atoms with E-state index in [2.05, 4.69) is 10.3 Å². The summed E-state index contributed by atoms with van der Waals surface area (Å²) < 4.78 is 0. The molecule has 0 bridgehead atoms. The highest BCUT2D eigenvalue weighted by Gasteiger charge is 2.21. The number of aromatic nitrogens is 1. The monoisotopic (exact) mass is 263 g/mol. The Morgan fingerprint density at radius 2 is 1.89 bits per heavy atom. The molecule has 1 aromatic rings. The van der Waals surface area contributed by atoms with Crippen LogP contribution in [0.1, 0.15) is 50.5 Å². The summed E-state index contributed by atoms with van der Waals surface area (Å²) in [4.78, 5) is 14.9. The van der Waals surface area contributed by atoms with Gasteiger partial charge in [-0.15, -0.1) is 0 Å². The van der Waals surface area contributed by atoms with Crippen LogP contribution in [0, 0.1) is 17.0 Å². The molecule has 1 aliphatic carbocycles. The predicted octanol–water partition coefficient (Wildman–Crippen LogP) is 3.82. The first-order chi connectivity index (χ1) is 9.18. The zero-order valence-corrected chi connectivity index (χ0v) is 11.4. The number of rotatable bonds is 3. The predicted molar refractivity (Wildman–Crippen MR) is 75.4 cm³/mol. The minimum atomic E-state index is -0.340. The Labute approximate surface area is 113 Å². The summed E-state index contributed by atoms with van der Waals surface area (Å²) in [6, 6.07) is 2.00. The fourth-order valence-corrected chi connectivity index (χ4v) is 2.68. The van der Waals surface area contributed by atoms with Crippen molar-refractivity contribution in [2.75, 3.05) is 5.32 Å². The van der Waals surface area contributed by atoms with Gasteiger partial charge in [0.05, 0.1) is 4.92 Å². The summed E-state index contributed by atoms with van der Waals surface area (Å²) in [6.45, 7) is 1.75. The van der Waals surface area contributed by atoms with Crippen molar-refractivity contribution < 1.29 is 4.92 Å². The van der Waals surface area contributed by atoms with Gasteiger partial charge in [0.15, 0.2) is 0 Å². The topological polar surface area (TPSA) is 68.1 Å². The van der Waals surface area contributed by atoms with Crippen molar-refractivity contribution in [2.24, 2.45) is 0 Å². The van der Waals surface area contributed by atoms with Gasteiger partial charge in [-0.3, -0.25) is 10.1 Å². The van der Waals surface area contributed by atoms with E-state index in [0.717, 1.165) is 12.8 Å². The molecule has 0 spiro atoms. The van der Waals surface area contributed by atoms with Crippen molar-refractivity contribution in [2.45, 2.75) is 57.9 Å². The van der Waals surface area contributed by atoms with Gasteiger partial charge >= 0.3 is 5.69 Å². The standard InChI is InChI=1S/C14H21N3O2/c1-11-9-10-15-14(13(11)17(18)19)16-12-7-5-3-2-4-6-8-12/h9-10,12H,2-8H2,1H3,(H,15,16). The SMILES string of the molecule is Cc1ccnc(NC2CCCCCCC2)c1[N+](=O)[O-]. The minimum Gasteiger partial charge on any atom is -0.362 e. The normalized spacial score (nSPS) is 17.5. The smallest absolute Gasteiger partial charge is 0.314 e. The summed E-state index contributed by atoms with van der Waals surface area (Å²) in [5, 5.41) is 14.4. The van der Waals surface area contributed by atoms with Crippen molar-refractivity contribution in [1.82, 2.24) is 4.98 Å². The molecule has 1 N–H and O–H groups in total. The minimum absolute atomic E-state index is 0.115. The molecule has 0 aromatic carbocycles. The Bertz CT molecular complexity index is 440. The van der Waals surface area contributed by atoms with Crippen LogP contribution in [0.3, 0.4) is 0 Å². The van der Waals surface area contributed by atoms with Gasteiger partial charge in [-0.2, -0.15) is 0 Å². The highest BCUT2D eigenvalue weighted by molar-refractivity contribution is 5.60. The van der Waals surface area contributed by atoms with Gasteiger partial charge in [-0.05, 0) is 25.8 Å². The largest absolute Gasteiger partial charge is 0.362 e. The number of anilines is 1. The lowest BCUT2D eigenvalue weighted by molar-refractivity contribution is -0.384. The summed E-state index contributed by atoms with van der Waals surface area (Å²) in [6.07, 6.45) is 10.0. The van der Waals surface area contributed by atoms with Gasteiger partial charge in [-0.1, -0.05) is 32.1 Å². The van der Waals surface area contributed by atoms with Crippen molar-refractivity contribution in [3.63, 3.8) is 0 Å².